The number of hydrogen-bond donors (Lipinski definition) is 1. The fraction of sp³-hybridized carbons (Fsp3) is 0.238. The normalized spacial score (nSPS) is 10.5. The Balaban J connectivity index is 1.94. The zero-order valence-electron chi connectivity index (χ0n) is 15.8. The van der Waals surface area contributed by atoms with E-state index >= 15 is 0 Å². The van der Waals surface area contributed by atoms with Crippen molar-refractivity contribution in [2.24, 2.45) is 0 Å². The zero-order valence-corrected chi connectivity index (χ0v) is 15.8. The fourth-order valence-electron chi connectivity index (χ4n) is 2.41. The third kappa shape index (κ3) is 6.18. The molecule has 142 valence electrons. The summed E-state index contributed by atoms with van der Waals surface area (Å²) in [4.78, 5) is 26.1. The van der Waals surface area contributed by atoms with Gasteiger partial charge in [0, 0.05) is 24.4 Å². The molecule has 0 saturated carbocycles. The van der Waals surface area contributed by atoms with Gasteiger partial charge in [0.25, 0.3) is 0 Å². The lowest BCUT2D eigenvalue weighted by Gasteiger charge is -2.18. The highest BCUT2D eigenvalue weighted by Gasteiger charge is 2.13. The SMILES string of the molecule is CCN(CC(=O)Nc1cccc(OC)c1)C(=O)/C=C/c1ccc(OC)cc1. The van der Waals surface area contributed by atoms with Crippen LogP contribution < -0.4 is 14.8 Å². The maximum atomic E-state index is 12.4. The number of carbonyl (C=O) groups excluding carboxylic acids is 2. The minimum Gasteiger partial charge on any atom is -0.497 e. The van der Waals surface area contributed by atoms with E-state index in [9.17, 15) is 9.59 Å². The van der Waals surface area contributed by atoms with Crippen molar-refractivity contribution < 1.29 is 19.1 Å². The molecule has 0 unspecified atom stereocenters. The predicted molar refractivity (Wildman–Crippen MR) is 106 cm³/mol. The predicted octanol–water partition coefficient (Wildman–Crippen LogP) is 3.20. The summed E-state index contributed by atoms with van der Waals surface area (Å²) in [5, 5.41) is 2.77. The van der Waals surface area contributed by atoms with Crippen molar-refractivity contribution in [2.75, 3.05) is 32.6 Å². The smallest absolute Gasteiger partial charge is 0.247 e. The second kappa shape index (κ2) is 10.0. The van der Waals surface area contributed by atoms with Gasteiger partial charge in [-0.1, -0.05) is 18.2 Å². The first kappa shape index (κ1) is 20.0. The third-order valence-electron chi connectivity index (χ3n) is 3.92. The van der Waals surface area contributed by atoms with Crippen molar-refractivity contribution in [3.05, 3.63) is 60.2 Å². The molecule has 0 saturated heterocycles. The third-order valence-corrected chi connectivity index (χ3v) is 3.92. The number of nitrogens with zero attached hydrogens (tertiary/aromatic N) is 1. The van der Waals surface area contributed by atoms with Crippen LogP contribution in [0.2, 0.25) is 0 Å². The molecule has 2 amide bonds. The van der Waals surface area contributed by atoms with Crippen molar-refractivity contribution in [3.63, 3.8) is 0 Å². The van der Waals surface area contributed by atoms with E-state index in [2.05, 4.69) is 5.32 Å². The lowest BCUT2D eigenvalue weighted by Crippen LogP contribution is -2.36. The minimum absolute atomic E-state index is 0.0283. The van der Waals surface area contributed by atoms with Gasteiger partial charge in [0.15, 0.2) is 0 Å². The van der Waals surface area contributed by atoms with Gasteiger partial charge >= 0.3 is 0 Å². The molecule has 6 nitrogen and oxygen atoms in total. The largest absolute Gasteiger partial charge is 0.497 e. The highest BCUT2D eigenvalue weighted by molar-refractivity contribution is 5.98. The van der Waals surface area contributed by atoms with Gasteiger partial charge in [0.1, 0.15) is 18.0 Å². The fourth-order valence-corrected chi connectivity index (χ4v) is 2.41. The second-order valence-corrected chi connectivity index (χ2v) is 5.74. The van der Waals surface area contributed by atoms with Crippen molar-refractivity contribution in [1.82, 2.24) is 4.90 Å². The topological polar surface area (TPSA) is 67.9 Å². The van der Waals surface area contributed by atoms with Crippen LogP contribution in [0.5, 0.6) is 11.5 Å². The maximum Gasteiger partial charge on any atom is 0.247 e. The van der Waals surface area contributed by atoms with E-state index in [1.807, 2.05) is 31.2 Å². The van der Waals surface area contributed by atoms with E-state index < -0.39 is 0 Å². The standard InChI is InChI=1S/C21H24N2O4/c1-4-23(15-20(24)22-17-6-5-7-19(14-17)27-3)21(25)13-10-16-8-11-18(26-2)12-9-16/h5-14H,4,15H2,1-3H3,(H,22,24)/b13-10+. The van der Waals surface area contributed by atoms with Gasteiger partial charge < -0.3 is 19.7 Å². The van der Waals surface area contributed by atoms with Gasteiger partial charge in [-0.15, -0.1) is 0 Å². The Kier molecular flexibility index (Phi) is 7.43. The summed E-state index contributed by atoms with van der Waals surface area (Å²) in [7, 11) is 3.16. The van der Waals surface area contributed by atoms with Gasteiger partial charge in [-0.2, -0.15) is 0 Å². The quantitative estimate of drug-likeness (QED) is 0.727. The van der Waals surface area contributed by atoms with Crippen molar-refractivity contribution in [3.8, 4) is 11.5 Å². The Labute approximate surface area is 159 Å². The van der Waals surface area contributed by atoms with Crippen LogP contribution in [0, 0.1) is 0 Å². The number of ether oxygens (including phenoxy) is 2. The van der Waals surface area contributed by atoms with Gasteiger partial charge in [-0.3, -0.25) is 9.59 Å². The average Bonchev–Trinajstić information content (AvgIpc) is 2.70. The molecule has 0 aromatic heterocycles. The van der Waals surface area contributed by atoms with Crippen LogP contribution in [0.15, 0.2) is 54.6 Å². The van der Waals surface area contributed by atoms with Crippen molar-refractivity contribution in [1.29, 1.82) is 0 Å². The Morgan fingerprint density at radius 1 is 1.04 bits per heavy atom. The summed E-state index contributed by atoms with van der Waals surface area (Å²) in [6.07, 6.45) is 3.18. The lowest BCUT2D eigenvalue weighted by atomic mass is 10.2. The summed E-state index contributed by atoms with van der Waals surface area (Å²) in [5.41, 5.74) is 1.50. The molecule has 0 aliphatic heterocycles. The van der Waals surface area contributed by atoms with Gasteiger partial charge in [-0.05, 0) is 42.8 Å². The number of nitrogens with one attached hydrogen (secondary N) is 1. The number of amides is 2. The van der Waals surface area contributed by atoms with Crippen LogP contribution >= 0.6 is 0 Å². The van der Waals surface area contributed by atoms with E-state index in [0.29, 0.717) is 18.0 Å². The van der Waals surface area contributed by atoms with Crippen LogP contribution in [0.25, 0.3) is 6.08 Å². The Bertz CT molecular complexity index is 800. The molecule has 0 aliphatic carbocycles. The van der Waals surface area contributed by atoms with Crippen LogP contribution in [-0.2, 0) is 9.59 Å². The summed E-state index contributed by atoms with van der Waals surface area (Å²) in [6, 6.07) is 14.4. The number of methoxy groups -OCH3 is 2. The Hall–Kier alpha value is -3.28. The number of carbonyl (C=O) groups is 2. The van der Waals surface area contributed by atoms with E-state index in [1.54, 1.807) is 44.6 Å². The summed E-state index contributed by atoms with van der Waals surface area (Å²) >= 11 is 0. The highest BCUT2D eigenvalue weighted by atomic mass is 16.5. The molecule has 0 heterocycles. The highest BCUT2D eigenvalue weighted by Crippen LogP contribution is 2.16. The van der Waals surface area contributed by atoms with Crippen LogP contribution in [0.1, 0.15) is 12.5 Å². The van der Waals surface area contributed by atoms with E-state index in [-0.39, 0.29) is 18.4 Å². The molecule has 27 heavy (non-hydrogen) atoms. The molecule has 1 N–H and O–H groups in total. The number of likely N-dealkylation sites (N-methyl/N-ethyl adjacent to an activating group) is 1. The first-order valence-corrected chi connectivity index (χ1v) is 8.60. The molecule has 2 aromatic carbocycles. The van der Waals surface area contributed by atoms with Crippen LogP contribution in [0.4, 0.5) is 5.69 Å². The second-order valence-electron chi connectivity index (χ2n) is 5.74. The molecular weight excluding hydrogens is 344 g/mol. The number of anilines is 1. The van der Waals surface area contributed by atoms with Gasteiger partial charge in [0.2, 0.25) is 11.8 Å². The molecule has 0 radical (unpaired) electrons. The maximum absolute atomic E-state index is 12.4. The minimum atomic E-state index is -0.267. The average molecular weight is 368 g/mol. The van der Waals surface area contributed by atoms with Crippen molar-refractivity contribution in [2.45, 2.75) is 6.92 Å². The van der Waals surface area contributed by atoms with Gasteiger partial charge in [-0.25, -0.2) is 0 Å². The molecular formula is C21H24N2O4. The molecule has 2 rings (SSSR count). The van der Waals surface area contributed by atoms with Crippen LogP contribution in [0.3, 0.4) is 0 Å². The van der Waals surface area contributed by atoms with E-state index in [0.717, 1.165) is 11.3 Å². The Morgan fingerprint density at radius 2 is 1.74 bits per heavy atom. The first-order valence-electron chi connectivity index (χ1n) is 8.60. The first-order chi connectivity index (χ1) is 13.0. The Morgan fingerprint density at radius 3 is 2.37 bits per heavy atom. The van der Waals surface area contributed by atoms with Crippen molar-refractivity contribution >= 4 is 23.6 Å². The summed E-state index contributed by atoms with van der Waals surface area (Å²) < 4.78 is 10.2. The zero-order chi connectivity index (χ0) is 19.6. The molecule has 0 bridgehead atoms. The van der Waals surface area contributed by atoms with E-state index in [1.165, 1.54) is 11.0 Å². The summed E-state index contributed by atoms with van der Waals surface area (Å²) in [6.45, 7) is 2.23. The van der Waals surface area contributed by atoms with E-state index in [4.69, 9.17) is 9.47 Å². The molecule has 6 heteroatoms. The number of hydrogen-bond acceptors (Lipinski definition) is 4. The lowest BCUT2D eigenvalue weighted by molar-refractivity contribution is -0.130. The number of benzene rings is 2. The molecule has 0 atom stereocenters. The number of rotatable bonds is 8. The van der Waals surface area contributed by atoms with Crippen LogP contribution in [-0.4, -0.2) is 44.0 Å². The van der Waals surface area contributed by atoms with Gasteiger partial charge in [0.05, 0.1) is 14.2 Å². The molecule has 2 aromatic rings. The molecule has 0 aliphatic rings. The molecule has 0 spiro atoms. The molecule has 0 fully saturated rings. The summed E-state index contributed by atoms with van der Waals surface area (Å²) in [5.74, 6) is 0.909. The monoisotopic (exact) mass is 368 g/mol.